The van der Waals surface area contributed by atoms with Crippen molar-refractivity contribution >= 4 is 33.2 Å². The lowest BCUT2D eigenvalue weighted by atomic mass is 10.2. The molecule has 9 heteroatoms. The van der Waals surface area contributed by atoms with Gasteiger partial charge in [0.1, 0.15) is 11.5 Å². The molecule has 0 radical (unpaired) electrons. The molecule has 1 aromatic heterocycles. The van der Waals surface area contributed by atoms with Gasteiger partial charge in [-0.15, -0.1) is 0 Å². The van der Waals surface area contributed by atoms with E-state index < -0.39 is 9.84 Å². The van der Waals surface area contributed by atoms with Crippen LogP contribution in [-0.4, -0.2) is 48.9 Å². The summed E-state index contributed by atoms with van der Waals surface area (Å²) in [5, 5.41) is 3.41. The smallest absolute Gasteiger partial charge is 0.271 e. The third-order valence-electron chi connectivity index (χ3n) is 4.35. The minimum Gasteiger partial charge on any atom is -0.354 e. The van der Waals surface area contributed by atoms with Gasteiger partial charge in [-0.2, -0.15) is 0 Å². The number of nitrogens with one attached hydrogen (secondary N) is 1. The molecule has 1 fully saturated rings. The molecule has 2 heterocycles. The normalized spacial score (nSPS) is 18.5. The van der Waals surface area contributed by atoms with Crippen LogP contribution >= 0.6 is 11.6 Å². The maximum absolute atomic E-state index is 12.2. The molecule has 2 aromatic rings. The first-order valence-electron chi connectivity index (χ1n) is 8.12. The number of benzene rings is 1. The Kier molecular flexibility index (Phi) is 5.43. The summed E-state index contributed by atoms with van der Waals surface area (Å²) in [6.07, 6.45) is 3.46. The number of nitrogens with zero attached hydrogens (tertiary/aromatic N) is 3. The Balaban J connectivity index is 1.59. The van der Waals surface area contributed by atoms with Crippen LogP contribution in [0.5, 0.6) is 0 Å². The van der Waals surface area contributed by atoms with Crippen LogP contribution in [0.4, 0.5) is 5.82 Å². The van der Waals surface area contributed by atoms with Crippen molar-refractivity contribution in [2.24, 2.45) is 0 Å². The van der Waals surface area contributed by atoms with Crippen LogP contribution in [0.2, 0.25) is 5.02 Å². The van der Waals surface area contributed by atoms with Crippen molar-refractivity contribution < 1.29 is 13.2 Å². The quantitative estimate of drug-likeness (QED) is 0.829. The van der Waals surface area contributed by atoms with Gasteiger partial charge in [0.25, 0.3) is 5.91 Å². The molecule has 0 bridgehead atoms. The Morgan fingerprint density at radius 3 is 2.58 bits per heavy atom. The summed E-state index contributed by atoms with van der Waals surface area (Å²) in [4.78, 5) is 22.4. The lowest BCUT2D eigenvalue weighted by Crippen LogP contribution is -2.33. The van der Waals surface area contributed by atoms with Crippen LogP contribution in [-0.2, 0) is 16.4 Å². The van der Waals surface area contributed by atoms with E-state index in [1.807, 2.05) is 12.1 Å². The van der Waals surface area contributed by atoms with Crippen molar-refractivity contribution in [3.63, 3.8) is 0 Å². The highest BCUT2D eigenvalue weighted by atomic mass is 35.5. The zero-order valence-electron chi connectivity index (χ0n) is 14.2. The van der Waals surface area contributed by atoms with Gasteiger partial charge in [0, 0.05) is 24.7 Å². The van der Waals surface area contributed by atoms with Crippen molar-refractivity contribution in [3.05, 3.63) is 52.9 Å². The fourth-order valence-electron chi connectivity index (χ4n) is 2.76. The standard InChI is InChI=1S/C17H19ClN4O3S/c1-22(14-6-7-26(24,25)11-14)16-10-19-15(9-20-16)17(23)21-8-12-2-4-13(18)5-3-12/h2-5,9-10,14H,6-8,11H2,1H3,(H,21,23). The minimum absolute atomic E-state index is 0.112. The van der Waals surface area contributed by atoms with Crippen molar-refractivity contribution in [1.82, 2.24) is 15.3 Å². The fraction of sp³-hybridized carbons (Fsp3) is 0.353. The van der Waals surface area contributed by atoms with E-state index in [2.05, 4.69) is 15.3 Å². The van der Waals surface area contributed by atoms with Crippen LogP contribution in [0.3, 0.4) is 0 Å². The fourth-order valence-corrected chi connectivity index (χ4v) is 4.66. The lowest BCUT2D eigenvalue weighted by Gasteiger charge is -2.23. The largest absolute Gasteiger partial charge is 0.354 e. The Labute approximate surface area is 157 Å². The van der Waals surface area contributed by atoms with E-state index in [1.165, 1.54) is 12.4 Å². The SMILES string of the molecule is CN(c1cnc(C(=O)NCc2ccc(Cl)cc2)cn1)C1CCS(=O)(=O)C1. The maximum atomic E-state index is 12.2. The number of aromatic nitrogens is 2. The maximum Gasteiger partial charge on any atom is 0.271 e. The molecule has 1 unspecified atom stereocenters. The average Bonchev–Trinajstić information content (AvgIpc) is 3.00. The van der Waals surface area contributed by atoms with Crippen LogP contribution < -0.4 is 10.2 Å². The molecular formula is C17H19ClN4O3S. The summed E-state index contributed by atoms with van der Waals surface area (Å²) >= 11 is 5.83. The van der Waals surface area contributed by atoms with Gasteiger partial charge in [-0.1, -0.05) is 23.7 Å². The van der Waals surface area contributed by atoms with E-state index in [0.717, 1.165) is 5.56 Å². The number of anilines is 1. The van der Waals surface area contributed by atoms with E-state index in [9.17, 15) is 13.2 Å². The molecule has 1 aromatic carbocycles. The Morgan fingerprint density at radius 1 is 1.27 bits per heavy atom. The van der Waals surface area contributed by atoms with Gasteiger partial charge in [-0.3, -0.25) is 4.79 Å². The highest BCUT2D eigenvalue weighted by Gasteiger charge is 2.31. The van der Waals surface area contributed by atoms with Gasteiger partial charge in [0.15, 0.2) is 9.84 Å². The Bertz CT molecular complexity index is 885. The highest BCUT2D eigenvalue weighted by Crippen LogP contribution is 2.20. The number of hydrogen-bond acceptors (Lipinski definition) is 6. The molecule has 3 rings (SSSR count). The molecule has 1 aliphatic rings. The first kappa shape index (κ1) is 18.6. The Hall–Kier alpha value is -2.19. The van der Waals surface area contributed by atoms with E-state index in [-0.39, 0.29) is 29.1 Å². The third kappa shape index (κ3) is 4.50. The Morgan fingerprint density at radius 2 is 2.00 bits per heavy atom. The second-order valence-corrected chi connectivity index (χ2v) is 8.90. The molecule has 0 aliphatic carbocycles. The summed E-state index contributed by atoms with van der Waals surface area (Å²) in [7, 11) is -1.18. The molecule has 0 spiro atoms. The molecule has 1 aliphatic heterocycles. The second-order valence-electron chi connectivity index (χ2n) is 6.24. The third-order valence-corrected chi connectivity index (χ3v) is 6.36. The zero-order valence-corrected chi connectivity index (χ0v) is 15.8. The van der Waals surface area contributed by atoms with Gasteiger partial charge in [0.2, 0.25) is 0 Å². The van der Waals surface area contributed by atoms with Crippen LogP contribution in [0.15, 0.2) is 36.7 Å². The summed E-state index contributed by atoms with van der Waals surface area (Å²) in [6.45, 7) is 0.360. The molecule has 0 saturated carbocycles. The van der Waals surface area contributed by atoms with Crippen molar-refractivity contribution in [3.8, 4) is 0 Å². The van der Waals surface area contributed by atoms with E-state index in [4.69, 9.17) is 11.6 Å². The first-order chi connectivity index (χ1) is 12.3. The topological polar surface area (TPSA) is 92.3 Å². The number of halogens is 1. The summed E-state index contributed by atoms with van der Waals surface area (Å²) in [6, 6.07) is 7.08. The second kappa shape index (κ2) is 7.59. The van der Waals surface area contributed by atoms with Gasteiger partial charge in [-0.05, 0) is 24.1 Å². The highest BCUT2D eigenvalue weighted by molar-refractivity contribution is 7.91. The molecule has 1 saturated heterocycles. The van der Waals surface area contributed by atoms with Crippen molar-refractivity contribution in [1.29, 1.82) is 0 Å². The van der Waals surface area contributed by atoms with Crippen LogP contribution in [0, 0.1) is 0 Å². The summed E-state index contributed by atoms with van der Waals surface area (Å²) in [5.41, 5.74) is 1.13. The predicted molar refractivity (Wildman–Crippen MR) is 100 cm³/mol. The van der Waals surface area contributed by atoms with Crippen molar-refractivity contribution in [2.75, 3.05) is 23.5 Å². The zero-order chi connectivity index (χ0) is 18.7. The average molecular weight is 395 g/mol. The number of amides is 1. The lowest BCUT2D eigenvalue weighted by molar-refractivity contribution is 0.0945. The number of carbonyl (C=O) groups excluding carboxylic acids is 1. The summed E-state index contributed by atoms with van der Waals surface area (Å²) < 4.78 is 23.2. The van der Waals surface area contributed by atoms with Crippen molar-refractivity contribution in [2.45, 2.75) is 19.0 Å². The number of rotatable bonds is 5. The van der Waals surface area contributed by atoms with E-state index >= 15 is 0 Å². The molecule has 1 N–H and O–H groups in total. The molecule has 26 heavy (non-hydrogen) atoms. The number of hydrogen-bond donors (Lipinski definition) is 1. The molecule has 1 atom stereocenters. The van der Waals surface area contributed by atoms with Gasteiger partial charge in [-0.25, -0.2) is 18.4 Å². The van der Waals surface area contributed by atoms with E-state index in [0.29, 0.717) is 23.8 Å². The molecule has 138 valence electrons. The number of carbonyl (C=O) groups is 1. The van der Waals surface area contributed by atoms with Crippen LogP contribution in [0.1, 0.15) is 22.5 Å². The van der Waals surface area contributed by atoms with E-state index in [1.54, 1.807) is 24.1 Å². The monoisotopic (exact) mass is 394 g/mol. The molecule has 7 nitrogen and oxygen atoms in total. The number of sulfone groups is 1. The molecule has 1 amide bonds. The summed E-state index contributed by atoms with van der Waals surface area (Å²) in [5.74, 6) is 0.529. The van der Waals surface area contributed by atoms with Gasteiger partial charge in [0.05, 0.1) is 23.9 Å². The van der Waals surface area contributed by atoms with Crippen LogP contribution in [0.25, 0.3) is 0 Å². The first-order valence-corrected chi connectivity index (χ1v) is 10.3. The van der Waals surface area contributed by atoms with Gasteiger partial charge >= 0.3 is 0 Å². The minimum atomic E-state index is -2.97. The van der Waals surface area contributed by atoms with Gasteiger partial charge < -0.3 is 10.2 Å². The molecular weight excluding hydrogens is 376 g/mol. The predicted octanol–water partition coefficient (Wildman–Crippen LogP) is 1.68.